The normalized spacial score (nSPS) is 13.0. The Bertz CT molecular complexity index is 112. The molecular weight excluding hydrogens is 144 g/mol. The maximum absolute atomic E-state index is 10.5. The fraction of sp³-hybridized carbons (Fsp3) is 0.875. The molecule has 3 nitrogen and oxygen atoms in total. The summed E-state index contributed by atoms with van der Waals surface area (Å²) in [5.74, 6) is 0.205. The minimum atomic E-state index is -0.665. The minimum Gasteiger partial charge on any atom is -0.368 e. The average molecular weight is 160 g/mol. The SMILES string of the molecule is COC(O)CCCCC(C)=O. The smallest absolute Gasteiger partial charge is 0.154 e. The van der Waals surface area contributed by atoms with Crippen LogP contribution in [0.25, 0.3) is 0 Å². The number of hydrogen-bond donors (Lipinski definition) is 1. The van der Waals surface area contributed by atoms with E-state index in [4.69, 9.17) is 5.11 Å². The Hall–Kier alpha value is -0.410. The molecule has 0 saturated heterocycles. The molecule has 0 aliphatic rings. The molecule has 1 N–H and O–H groups in total. The molecule has 0 fully saturated rings. The number of carbonyl (C=O) groups is 1. The number of Topliss-reactive ketones (excluding diaryl/α,β-unsaturated/α-hetero) is 1. The van der Waals surface area contributed by atoms with Crippen LogP contribution >= 0.6 is 0 Å². The molecule has 1 unspecified atom stereocenters. The summed E-state index contributed by atoms with van der Waals surface area (Å²) in [7, 11) is 1.47. The van der Waals surface area contributed by atoms with Gasteiger partial charge in [-0.3, -0.25) is 0 Å². The van der Waals surface area contributed by atoms with E-state index in [0.29, 0.717) is 12.8 Å². The zero-order valence-corrected chi connectivity index (χ0v) is 7.17. The second kappa shape index (κ2) is 6.31. The van der Waals surface area contributed by atoms with E-state index < -0.39 is 6.29 Å². The minimum absolute atomic E-state index is 0.205. The molecule has 0 aliphatic carbocycles. The largest absolute Gasteiger partial charge is 0.368 e. The van der Waals surface area contributed by atoms with Crippen LogP contribution in [0.2, 0.25) is 0 Å². The van der Waals surface area contributed by atoms with Crippen LogP contribution in [0, 0.1) is 0 Å². The first-order valence-corrected chi connectivity index (χ1v) is 3.87. The van der Waals surface area contributed by atoms with Gasteiger partial charge in [0.25, 0.3) is 0 Å². The molecule has 1 atom stereocenters. The second-order valence-corrected chi connectivity index (χ2v) is 2.64. The Kier molecular flexibility index (Phi) is 6.07. The van der Waals surface area contributed by atoms with E-state index in [1.807, 2.05) is 0 Å². The van der Waals surface area contributed by atoms with Gasteiger partial charge < -0.3 is 14.6 Å². The van der Waals surface area contributed by atoms with Crippen LogP contribution in [0.5, 0.6) is 0 Å². The predicted molar refractivity (Wildman–Crippen MR) is 42.2 cm³/mol. The zero-order valence-electron chi connectivity index (χ0n) is 7.17. The summed E-state index contributed by atoms with van der Waals surface area (Å²) < 4.78 is 4.63. The molecular formula is C8H16O3. The molecule has 0 aromatic rings. The third-order valence-electron chi connectivity index (χ3n) is 1.50. The Balaban J connectivity index is 3.08. The quantitative estimate of drug-likeness (QED) is 0.467. The molecule has 0 rings (SSSR count). The number of ketones is 1. The van der Waals surface area contributed by atoms with E-state index in [1.165, 1.54) is 7.11 Å². The Morgan fingerprint density at radius 1 is 1.55 bits per heavy atom. The number of unbranched alkanes of at least 4 members (excludes halogenated alkanes) is 1. The van der Waals surface area contributed by atoms with Crippen LogP contribution in [-0.4, -0.2) is 24.3 Å². The van der Waals surface area contributed by atoms with Crippen molar-refractivity contribution in [2.24, 2.45) is 0 Å². The van der Waals surface area contributed by atoms with Gasteiger partial charge in [0.2, 0.25) is 0 Å². The predicted octanol–water partition coefficient (Wildman–Crippen LogP) is 1.10. The first-order valence-electron chi connectivity index (χ1n) is 3.87. The van der Waals surface area contributed by atoms with Crippen molar-refractivity contribution < 1.29 is 14.6 Å². The number of hydrogen-bond acceptors (Lipinski definition) is 3. The van der Waals surface area contributed by atoms with Crippen molar-refractivity contribution in [1.82, 2.24) is 0 Å². The first kappa shape index (κ1) is 10.6. The number of rotatable bonds is 6. The molecule has 0 spiro atoms. The van der Waals surface area contributed by atoms with Crippen molar-refractivity contribution in [3.8, 4) is 0 Å². The van der Waals surface area contributed by atoms with Crippen molar-refractivity contribution in [3.05, 3.63) is 0 Å². The summed E-state index contributed by atoms with van der Waals surface area (Å²) in [5.41, 5.74) is 0. The Labute approximate surface area is 67.4 Å². The third kappa shape index (κ3) is 7.49. The van der Waals surface area contributed by atoms with Gasteiger partial charge in [-0.1, -0.05) is 0 Å². The van der Waals surface area contributed by atoms with Crippen molar-refractivity contribution >= 4 is 5.78 Å². The van der Waals surface area contributed by atoms with Gasteiger partial charge in [-0.15, -0.1) is 0 Å². The number of methoxy groups -OCH3 is 1. The van der Waals surface area contributed by atoms with Crippen LogP contribution < -0.4 is 0 Å². The van der Waals surface area contributed by atoms with Gasteiger partial charge in [0.15, 0.2) is 6.29 Å². The fourth-order valence-corrected chi connectivity index (χ4v) is 0.811. The van der Waals surface area contributed by atoms with Crippen molar-refractivity contribution in [3.63, 3.8) is 0 Å². The summed E-state index contributed by atoms with van der Waals surface area (Å²) in [6.07, 6.45) is 2.24. The lowest BCUT2D eigenvalue weighted by molar-refractivity contribution is -0.117. The maximum atomic E-state index is 10.5. The zero-order chi connectivity index (χ0) is 8.69. The number of aliphatic hydroxyl groups excluding tert-OH is 1. The molecule has 3 heteroatoms. The highest BCUT2D eigenvalue weighted by Gasteiger charge is 2.00. The summed E-state index contributed by atoms with van der Waals surface area (Å²) in [5, 5.41) is 8.92. The maximum Gasteiger partial charge on any atom is 0.154 e. The Morgan fingerprint density at radius 3 is 2.64 bits per heavy atom. The van der Waals surface area contributed by atoms with Gasteiger partial charge in [0, 0.05) is 13.5 Å². The number of carbonyl (C=O) groups excluding carboxylic acids is 1. The van der Waals surface area contributed by atoms with E-state index in [9.17, 15) is 4.79 Å². The molecule has 0 saturated carbocycles. The Morgan fingerprint density at radius 2 is 2.18 bits per heavy atom. The van der Waals surface area contributed by atoms with Crippen LogP contribution in [0.4, 0.5) is 0 Å². The van der Waals surface area contributed by atoms with Gasteiger partial charge >= 0.3 is 0 Å². The van der Waals surface area contributed by atoms with Crippen LogP contribution in [0.3, 0.4) is 0 Å². The number of aliphatic hydroxyl groups is 1. The van der Waals surface area contributed by atoms with Crippen LogP contribution in [0.15, 0.2) is 0 Å². The standard InChI is InChI=1S/C8H16O3/c1-7(9)5-3-4-6-8(10)11-2/h8,10H,3-6H2,1-2H3. The lowest BCUT2D eigenvalue weighted by Gasteiger charge is -2.06. The summed E-state index contributed by atoms with van der Waals surface area (Å²) >= 11 is 0. The topological polar surface area (TPSA) is 46.5 Å². The lowest BCUT2D eigenvalue weighted by atomic mass is 10.1. The monoisotopic (exact) mass is 160 g/mol. The highest BCUT2D eigenvalue weighted by Crippen LogP contribution is 2.03. The van der Waals surface area contributed by atoms with Crippen LogP contribution in [-0.2, 0) is 9.53 Å². The average Bonchev–Trinajstić information content (AvgIpc) is 1.97. The van der Waals surface area contributed by atoms with E-state index in [1.54, 1.807) is 6.92 Å². The fourth-order valence-electron chi connectivity index (χ4n) is 0.811. The molecule has 0 heterocycles. The molecule has 0 aliphatic heterocycles. The second-order valence-electron chi connectivity index (χ2n) is 2.64. The molecule has 0 bridgehead atoms. The summed E-state index contributed by atoms with van der Waals surface area (Å²) in [6, 6.07) is 0. The van der Waals surface area contributed by atoms with Crippen molar-refractivity contribution in [1.29, 1.82) is 0 Å². The van der Waals surface area contributed by atoms with Gasteiger partial charge in [0.05, 0.1) is 0 Å². The first-order chi connectivity index (χ1) is 5.16. The van der Waals surface area contributed by atoms with Gasteiger partial charge in [-0.2, -0.15) is 0 Å². The molecule has 0 radical (unpaired) electrons. The van der Waals surface area contributed by atoms with Crippen LogP contribution in [0.1, 0.15) is 32.6 Å². The molecule has 11 heavy (non-hydrogen) atoms. The lowest BCUT2D eigenvalue weighted by Crippen LogP contribution is -2.08. The van der Waals surface area contributed by atoms with Crippen molar-refractivity contribution in [2.45, 2.75) is 38.9 Å². The van der Waals surface area contributed by atoms with Gasteiger partial charge in [-0.25, -0.2) is 0 Å². The third-order valence-corrected chi connectivity index (χ3v) is 1.50. The highest BCUT2D eigenvalue weighted by atomic mass is 16.6. The molecule has 0 aromatic carbocycles. The molecule has 66 valence electrons. The van der Waals surface area contributed by atoms with E-state index in [2.05, 4.69) is 4.74 Å². The van der Waals surface area contributed by atoms with Gasteiger partial charge in [0.1, 0.15) is 5.78 Å². The van der Waals surface area contributed by atoms with E-state index in [0.717, 1.165) is 12.8 Å². The van der Waals surface area contributed by atoms with E-state index in [-0.39, 0.29) is 5.78 Å². The molecule has 0 aromatic heterocycles. The van der Waals surface area contributed by atoms with Crippen molar-refractivity contribution in [2.75, 3.05) is 7.11 Å². The highest BCUT2D eigenvalue weighted by molar-refractivity contribution is 5.75. The number of ether oxygens (including phenoxy) is 1. The van der Waals surface area contributed by atoms with Gasteiger partial charge in [-0.05, 0) is 26.2 Å². The molecule has 0 amide bonds. The van der Waals surface area contributed by atoms with E-state index >= 15 is 0 Å². The summed E-state index contributed by atoms with van der Waals surface area (Å²) in [6.45, 7) is 1.58. The summed E-state index contributed by atoms with van der Waals surface area (Å²) in [4.78, 5) is 10.5.